The number of carbonyl (C=O) groups excluding carboxylic acids is 1. The maximum absolute atomic E-state index is 10.8. The first-order chi connectivity index (χ1) is 7.47. The van der Waals surface area contributed by atoms with Crippen LogP contribution in [0.25, 0.3) is 0 Å². The van der Waals surface area contributed by atoms with Gasteiger partial charge in [0.25, 0.3) is 0 Å². The molecule has 0 spiro atoms. The highest BCUT2D eigenvalue weighted by atomic mass is 79.9. The number of carboxylic acid groups (broad SMARTS) is 1. The van der Waals surface area contributed by atoms with Gasteiger partial charge in [-0.2, -0.15) is 0 Å². The molecule has 0 saturated carbocycles. The van der Waals surface area contributed by atoms with Gasteiger partial charge in [0.15, 0.2) is 0 Å². The Hall–Kier alpha value is -0.920. The first kappa shape index (κ1) is 13.1. The van der Waals surface area contributed by atoms with E-state index >= 15 is 0 Å². The number of thiophene rings is 1. The molecule has 88 valence electrons. The quantitative estimate of drug-likeness (QED) is 0.817. The van der Waals surface area contributed by atoms with E-state index in [2.05, 4.69) is 15.9 Å². The second kappa shape index (κ2) is 5.97. The van der Waals surface area contributed by atoms with Gasteiger partial charge in [-0.1, -0.05) is 0 Å². The molecule has 16 heavy (non-hydrogen) atoms. The molecule has 3 N–H and O–H groups in total. The number of nitrogens with two attached hydrogens (primary N) is 1. The van der Waals surface area contributed by atoms with Crippen molar-refractivity contribution in [2.45, 2.75) is 6.54 Å². The molecule has 0 bridgehead atoms. The Bertz CT molecular complexity index is 378. The zero-order chi connectivity index (χ0) is 12.1. The van der Waals surface area contributed by atoms with Gasteiger partial charge >= 0.3 is 5.97 Å². The van der Waals surface area contributed by atoms with Crippen LogP contribution in [-0.2, 0) is 16.1 Å². The smallest absolute Gasteiger partial charge is 0.317 e. The Labute approximate surface area is 105 Å². The van der Waals surface area contributed by atoms with Crippen LogP contribution in [0.1, 0.15) is 5.56 Å². The molecule has 1 aromatic heterocycles. The number of rotatable bonds is 6. The van der Waals surface area contributed by atoms with Gasteiger partial charge < -0.3 is 10.8 Å². The number of nitrogens with zero attached hydrogens (tertiary/aromatic N) is 1. The number of hydrogen-bond acceptors (Lipinski definition) is 4. The van der Waals surface area contributed by atoms with Gasteiger partial charge in [0.05, 0.1) is 16.9 Å². The maximum Gasteiger partial charge on any atom is 0.317 e. The standard InChI is InChI=1S/C9H11BrN2O3S/c10-7-1-6(5-16-7)2-12(3-8(11)13)4-9(14)15/h1,5H,2-4H2,(H2,11,13)(H,14,15). The van der Waals surface area contributed by atoms with Crippen molar-refractivity contribution in [3.63, 3.8) is 0 Å². The van der Waals surface area contributed by atoms with Crippen LogP contribution in [0.2, 0.25) is 0 Å². The van der Waals surface area contributed by atoms with Crippen molar-refractivity contribution in [3.05, 3.63) is 20.8 Å². The third kappa shape index (κ3) is 4.73. The molecule has 0 radical (unpaired) electrons. The van der Waals surface area contributed by atoms with Crippen molar-refractivity contribution in [2.24, 2.45) is 5.73 Å². The number of hydrogen-bond donors (Lipinski definition) is 2. The summed E-state index contributed by atoms with van der Waals surface area (Å²) in [6.45, 7) is 0.146. The summed E-state index contributed by atoms with van der Waals surface area (Å²) in [6, 6.07) is 1.89. The number of amides is 1. The zero-order valence-corrected chi connectivity index (χ0v) is 10.8. The van der Waals surface area contributed by atoms with Crippen LogP contribution in [0.5, 0.6) is 0 Å². The van der Waals surface area contributed by atoms with Crippen molar-refractivity contribution in [1.82, 2.24) is 4.90 Å². The number of carbonyl (C=O) groups is 2. The van der Waals surface area contributed by atoms with E-state index in [1.54, 1.807) is 0 Å². The van der Waals surface area contributed by atoms with Gasteiger partial charge in [0, 0.05) is 6.54 Å². The van der Waals surface area contributed by atoms with Gasteiger partial charge in [-0.05, 0) is 32.9 Å². The second-order valence-corrected chi connectivity index (χ2v) is 5.55. The molecule has 1 heterocycles. The van der Waals surface area contributed by atoms with Crippen LogP contribution in [-0.4, -0.2) is 35.0 Å². The number of aliphatic carboxylic acids is 1. The Kier molecular flexibility index (Phi) is 4.91. The molecule has 1 aromatic rings. The van der Waals surface area contributed by atoms with Crippen molar-refractivity contribution in [3.8, 4) is 0 Å². The van der Waals surface area contributed by atoms with Crippen LogP contribution in [0, 0.1) is 0 Å². The van der Waals surface area contributed by atoms with Crippen LogP contribution in [0.3, 0.4) is 0 Å². The fraction of sp³-hybridized carbons (Fsp3) is 0.333. The highest BCUT2D eigenvalue weighted by Crippen LogP contribution is 2.21. The lowest BCUT2D eigenvalue weighted by Gasteiger charge is -2.17. The average Bonchev–Trinajstić information content (AvgIpc) is 2.48. The lowest BCUT2D eigenvalue weighted by Crippen LogP contribution is -2.36. The van der Waals surface area contributed by atoms with Gasteiger partial charge in [-0.3, -0.25) is 14.5 Å². The van der Waals surface area contributed by atoms with Crippen molar-refractivity contribution in [2.75, 3.05) is 13.1 Å². The Balaban J connectivity index is 2.62. The predicted molar refractivity (Wildman–Crippen MR) is 64.1 cm³/mol. The van der Waals surface area contributed by atoms with E-state index in [1.807, 2.05) is 11.4 Å². The molecule has 1 rings (SSSR count). The number of carboxylic acids is 1. The summed E-state index contributed by atoms with van der Waals surface area (Å²) < 4.78 is 0.969. The van der Waals surface area contributed by atoms with Gasteiger partial charge in [-0.25, -0.2) is 0 Å². The average molecular weight is 307 g/mol. The summed E-state index contributed by atoms with van der Waals surface area (Å²) in [4.78, 5) is 22.8. The van der Waals surface area contributed by atoms with E-state index in [0.29, 0.717) is 6.54 Å². The molecule has 0 atom stereocenters. The van der Waals surface area contributed by atoms with Gasteiger partial charge in [0.1, 0.15) is 0 Å². The predicted octanol–water partition coefficient (Wildman–Crippen LogP) is 0.883. The topological polar surface area (TPSA) is 83.6 Å². The summed E-state index contributed by atoms with van der Waals surface area (Å²) in [5.74, 6) is -1.51. The van der Waals surface area contributed by atoms with E-state index in [-0.39, 0.29) is 13.1 Å². The molecule has 5 nitrogen and oxygen atoms in total. The summed E-state index contributed by atoms with van der Waals surface area (Å²) >= 11 is 4.83. The van der Waals surface area contributed by atoms with Crippen LogP contribution >= 0.6 is 27.3 Å². The second-order valence-electron chi connectivity index (χ2n) is 3.26. The third-order valence-electron chi connectivity index (χ3n) is 1.77. The van der Waals surface area contributed by atoms with E-state index in [1.165, 1.54) is 16.2 Å². The van der Waals surface area contributed by atoms with Gasteiger partial charge in [0.2, 0.25) is 5.91 Å². The lowest BCUT2D eigenvalue weighted by molar-refractivity contribution is -0.138. The molecular weight excluding hydrogens is 296 g/mol. The third-order valence-corrected chi connectivity index (χ3v) is 3.32. The minimum absolute atomic E-state index is 0.0558. The summed E-state index contributed by atoms with van der Waals surface area (Å²) in [5, 5.41) is 10.6. The van der Waals surface area contributed by atoms with Crippen molar-refractivity contribution < 1.29 is 14.7 Å². The highest BCUT2D eigenvalue weighted by molar-refractivity contribution is 9.11. The van der Waals surface area contributed by atoms with Crippen LogP contribution < -0.4 is 5.73 Å². The van der Waals surface area contributed by atoms with Crippen LogP contribution in [0.15, 0.2) is 15.2 Å². The minimum Gasteiger partial charge on any atom is -0.480 e. The zero-order valence-electron chi connectivity index (χ0n) is 8.35. The molecular formula is C9H11BrN2O3S. The number of primary amides is 1. The van der Waals surface area contributed by atoms with E-state index < -0.39 is 11.9 Å². The van der Waals surface area contributed by atoms with E-state index in [4.69, 9.17) is 10.8 Å². The molecule has 0 aliphatic carbocycles. The fourth-order valence-electron chi connectivity index (χ4n) is 1.27. The Morgan fingerprint density at radius 3 is 2.62 bits per heavy atom. The Morgan fingerprint density at radius 1 is 1.50 bits per heavy atom. The monoisotopic (exact) mass is 306 g/mol. The summed E-state index contributed by atoms with van der Waals surface area (Å²) in [5.41, 5.74) is 6.01. The highest BCUT2D eigenvalue weighted by Gasteiger charge is 2.13. The fourth-order valence-corrected chi connectivity index (χ4v) is 2.47. The minimum atomic E-state index is -0.976. The molecule has 0 saturated heterocycles. The van der Waals surface area contributed by atoms with Gasteiger partial charge in [-0.15, -0.1) is 11.3 Å². The molecule has 0 unspecified atom stereocenters. The SMILES string of the molecule is NC(=O)CN(CC(=O)O)Cc1csc(Br)c1. The molecule has 7 heteroatoms. The molecule has 1 amide bonds. The largest absolute Gasteiger partial charge is 0.480 e. The Morgan fingerprint density at radius 2 is 2.19 bits per heavy atom. The summed E-state index contributed by atoms with van der Waals surface area (Å²) in [6.07, 6.45) is 0. The van der Waals surface area contributed by atoms with Crippen LogP contribution in [0.4, 0.5) is 0 Å². The molecule has 0 fully saturated rings. The first-order valence-corrected chi connectivity index (χ1v) is 6.10. The molecule has 0 aliphatic rings. The first-order valence-electron chi connectivity index (χ1n) is 4.42. The maximum atomic E-state index is 10.8. The van der Waals surface area contributed by atoms with E-state index in [0.717, 1.165) is 9.35 Å². The summed E-state index contributed by atoms with van der Waals surface area (Å²) in [7, 11) is 0. The van der Waals surface area contributed by atoms with E-state index in [9.17, 15) is 9.59 Å². The molecule has 0 aromatic carbocycles. The van der Waals surface area contributed by atoms with Crippen molar-refractivity contribution >= 4 is 39.1 Å². The normalized spacial score (nSPS) is 10.6. The number of halogens is 1. The molecule has 0 aliphatic heterocycles. The lowest BCUT2D eigenvalue weighted by atomic mass is 10.3. The van der Waals surface area contributed by atoms with Crippen molar-refractivity contribution in [1.29, 1.82) is 0 Å².